The summed E-state index contributed by atoms with van der Waals surface area (Å²) in [7, 11) is 0. The van der Waals surface area contributed by atoms with Gasteiger partial charge < -0.3 is 0 Å². The van der Waals surface area contributed by atoms with E-state index in [4.69, 9.17) is 11.6 Å². The summed E-state index contributed by atoms with van der Waals surface area (Å²) in [5.74, 6) is -0.672. The molecule has 1 heterocycles. The van der Waals surface area contributed by atoms with E-state index in [0.29, 0.717) is 22.3 Å². The quantitative estimate of drug-likeness (QED) is 0.633. The Bertz CT molecular complexity index is 895. The lowest BCUT2D eigenvalue weighted by Gasteiger charge is -2.14. The van der Waals surface area contributed by atoms with E-state index < -0.39 is 22.9 Å². The summed E-state index contributed by atoms with van der Waals surface area (Å²) >= 11 is 6.54. The van der Waals surface area contributed by atoms with Crippen LogP contribution in [-0.2, 0) is 11.0 Å². The van der Waals surface area contributed by atoms with Crippen molar-refractivity contribution in [3.8, 4) is 0 Å². The lowest BCUT2D eigenvalue weighted by Crippen LogP contribution is -2.28. The van der Waals surface area contributed by atoms with E-state index >= 15 is 0 Å². The van der Waals surface area contributed by atoms with E-state index in [9.17, 15) is 22.8 Å². The molecular formula is C17H9ClF3NO2S. The molecule has 1 fully saturated rings. The van der Waals surface area contributed by atoms with Gasteiger partial charge in [-0.2, -0.15) is 13.2 Å². The molecule has 0 N–H and O–H groups in total. The third-order valence-corrected chi connectivity index (χ3v) is 4.48. The third-order valence-electron chi connectivity index (χ3n) is 3.37. The van der Waals surface area contributed by atoms with Crippen molar-refractivity contribution in [1.82, 2.24) is 0 Å². The van der Waals surface area contributed by atoms with Gasteiger partial charge in [0.1, 0.15) is 0 Å². The monoisotopic (exact) mass is 383 g/mol. The molecule has 1 saturated heterocycles. The van der Waals surface area contributed by atoms with Crippen LogP contribution in [-0.4, -0.2) is 11.1 Å². The molecule has 25 heavy (non-hydrogen) atoms. The van der Waals surface area contributed by atoms with Crippen molar-refractivity contribution in [1.29, 1.82) is 0 Å². The molecule has 3 rings (SSSR count). The maximum atomic E-state index is 12.8. The number of hydrogen-bond acceptors (Lipinski definition) is 3. The fourth-order valence-corrected chi connectivity index (χ4v) is 3.30. The Hall–Kier alpha value is -2.25. The van der Waals surface area contributed by atoms with E-state index in [0.717, 1.165) is 23.1 Å². The highest BCUT2D eigenvalue weighted by Gasteiger charge is 2.38. The average molecular weight is 384 g/mol. The number of halogens is 4. The maximum absolute atomic E-state index is 12.8. The molecule has 0 radical (unpaired) electrons. The van der Waals surface area contributed by atoms with Crippen LogP contribution in [0.4, 0.5) is 23.7 Å². The van der Waals surface area contributed by atoms with Crippen molar-refractivity contribution in [3.63, 3.8) is 0 Å². The first-order valence-corrected chi connectivity index (χ1v) is 8.16. The molecule has 2 aromatic carbocycles. The van der Waals surface area contributed by atoms with Crippen LogP contribution in [0.15, 0.2) is 53.4 Å². The third kappa shape index (κ3) is 3.72. The van der Waals surface area contributed by atoms with E-state index in [1.165, 1.54) is 12.1 Å². The molecule has 0 aliphatic carbocycles. The fraction of sp³-hybridized carbons (Fsp3) is 0.0588. The predicted molar refractivity (Wildman–Crippen MR) is 91.3 cm³/mol. The standard InChI is InChI=1S/C17H9ClF3NO2S/c18-12-5-1-3-10(7-12)8-14-15(23)22(16(24)25-14)13-6-2-4-11(9-13)17(19,20)21/h1-9H/b14-8-. The molecule has 0 spiro atoms. The summed E-state index contributed by atoms with van der Waals surface area (Å²) in [6, 6.07) is 10.8. The molecule has 8 heteroatoms. The summed E-state index contributed by atoms with van der Waals surface area (Å²) in [5, 5.41) is -0.191. The zero-order valence-corrected chi connectivity index (χ0v) is 14.0. The smallest absolute Gasteiger partial charge is 0.268 e. The fourth-order valence-electron chi connectivity index (χ4n) is 2.26. The second-order valence-electron chi connectivity index (χ2n) is 5.12. The highest BCUT2D eigenvalue weighted by atomic mass is 35.5. The Morgan fingerprint density at radius 1 is 1.04 bits per heavy atom. The molecule has 2 amide bonds. The minimum absolute atomic E-state index is 0.115. The van der Waals surface area contributed by atoms with Gasteiger partial charge in [0.15, 0.2) is 0 Å². The van der Waals surface area contributed by atoms with Gasteiger partial charge >= 0.3 is 6.18 Å². The van der Waals surface area contributed by atoms with E-state index in [1.807, 2.05) is 0 Å². The molecule has 1 aliphatic heterocycles. The Labute approximate surface area is 150 Å². The number of hydrogen-bond donors (Lipinski definition) is 0. The molecule has 128 valence electrons. The zero-order chi connectivity index (χ0) is 18.2. The molecule has 0 bridgehead atoms. The maximum Gasteiger partial charge on any atom is 0.416 e. The van der Waals surface area contributed by atoms with Gasteiger partial charge in [-0.1, -0.05) is 29.8 Å². The number of imide groups is 1. The number of anilines is 1. The second kappa shape index (κ2) is 6.57. The number of amides is 2. The van der Waals surface area contributed by atoms with E-state index in [2.05, 4.69) is 0 Å². The van der Waals surface area contributed by atoms with Crippen molar-refractivity contribution >= 4 is 46.3 Å². The van der Waals surface area contributed by atoms with Gasteiger partial charge in [-0.05, 0) is 53.7 Å². The Morgan fingerprint density at radius 3 is 2.44 bits per heavy atom. The van der Waals surface area contributed by atoms with Crippen LogP contribution in [0.5, 0.6) is 0 Å². The second-order valence-corrected chi connectivity index (χ2v) is 6.55. The van der Waals surface area contributed by atoms with Crippen molar-refractivity contribution < 1.29 is 22.8 Å². The van der Waals surface area contributed by atoms with Crippen LogP contribution in [0.2, 0.25) is 5.02 Å². The van der Waals surface area contributed by atoms with Gasteiger partial charge in [0.05, 0.1) is 16.2 Å². The van der Waals surface area contributed by atoms with Gasteiger partial charge in [0.2, 0.25) is 0 Å². The zero-order valence-electron chi connectivity index (χ0n) is 12.4. The van der Waals surface area contributed by atoms with Crippen LogP contribution in [0.25, 0.3) is 6.08 Å². The minimum Gasteiger partial charge on any atom is -0.268 e. The number of carbonyl (C=O) groups excluding carboxylic acids is 2. The largest absolute Gasteiger partial charge is 0.416 e. The topological polar surface area (TPSA) is 37.4 Å². The lowest BCUT2D eigenvalue weighted by atomic mass is 10.1. The van der Waals surface area contributed by atoms with Crippen LogP contribution >= 0.6 is 23.4 Å². The Morgan fingerprint density at radius 2 is 1.76 bits per heavy atom. The van der Waals surface area contributed by atoms with Gasteiger partial charge in [-0.3, -0.25) is 9.59 Å². The first kappa shape index (κ1) is 17.6. The number of nitrogens with zero attached hydrogens (tertiary/aromatic N) is 1. The molecule has 1 aliphatic rings. The molecule has 2 aromatic rings. The molecule has 0 unspecified atom stereocenters. The first-order chi connectivity index (χ1) is 11.8. The van der Waals surface area contributed by atoms with Crippen molar-refractivity contribution in [2.45, 2.75) is 6.18 Å². The van der Waals surface area contributed by atoms with Crippen LogP contribution in [0.1, 0.15) is 11.1 Å². The van der Waals surface area contributed by atoms with Gasteiger partial charge in [0.25, 0.3) is 11.1 Å². The normalized spacial score (nSPS) is 16.8. The van der Waals surface area contributed by atoms with Gasteiger partial charge in [0, 0.05) is 5.02 Å². The average Bonchev–Trinajstić information content (AvgIpc) is 2.81. The molecule has 0 aromatic heterocycles. The molecule has 0 atom stereocenters. The van der Waals surface area contributed by atoms with Gasteiger partial charge in [-0.25, -0.2) is 4.90 Å². The van der Waals surface area contributed by atoms with E-state index in [1.54, 1.807) is 24.3 Å². The summed E-state index contributed by atoms with van der Waals surface area (Å²) in [4.78, 5) is 25.4. The summed E-state index contributed by atoms with van der Waals surface area (Å²) in [5.41, 5.74) is -0.434. The minimum atomic E-state index is -4.56. The summed E-state index contributed by atoms with van der Waals surface area (Å²) < 4.78 is 38.5. The Kier molecular flexibility index (Phi) is 4.62. The highest BCUT2D eigenvalue weighted by molar-refractivity contribution is 8.19. The molecular weight excluding hydrogens is 375 g/mol. The lowest BCUT2D eigenvalue weighted by molar-refractivity contribution is -0.137. The molecule has 3 nitrogen and oxygen atoms in total. The van der Waals surface area contributed by atoms with Crippen molar-refractivity contribution in [2.24, 2.45) is 0 Å². The summed E-state index contributed by atoms with van der Waals surface area (Å²) in [6.07, 6.45) is -3.08. The number of alkyl halides is 3. The highest BCUT2D eigenvalue weighted by Crippen LogP contribution is 2.38. The van der Waals surface area contributed by atoms with Gasteiger partial charge in [-0.15, -0.1) is 0 Å². The molecule has 0 saturated carbocycles. The van der Waals surface area contributed by atoms with Crippen LogP contribution in [0.3, 0.4) is 0 Å². The van der Waals surface area contributed by atoms with Crippen molar-refractivity contribution in [3.05, 3.63) is 69.6 Å². The van der Waals surface area contributed by atoms with Crippen molar-refractivity contribution in [2.75, 3.05) is 4.90 Å². The number of thioether (sulfide) groups is 1. The number of rotatable bonds is 2. The number of benzene rings is 2. The SMILES string of the molecule is O=C1S/C(=C\c2cccc(Cl)c2)C(=O)N1c1cccc(C(F)(F)F)c1. The number of carbonyl (C=O) groups is 2. The van der Waals surface area contributed by atoms with Crippen LogP contribution < -0.4 is 4.90 Å². The van der Waals surface area contributed by atoms with Crippen LogP contribution in [0, 0.1) is 0 Å². The first-order valence-electron chi connectivity index (χ1n) is 6.96. The summed E-state index contributed by atoms with van der Waals surface area (Å²) in [6.45, 7) is 0. The predicted octanol–water partition coefficient (Wildman–Crippen LogP) is 5.60. The van der Waals surface area contributed by atoms with E-state index in [-0.39, 0.29) is 10.6 Å². The Balaban J connectivity index is 1.95.